The van der Waals surface area contributed by atoms with E-state index in [1.807, 2.05) is 30.4 Å². The lowest BCUT2D eigenvalue weighted by molar-refractivity contribution is -0.145. The molecule has 3 aliphatic heterocycles. The van der Waals surface area contributed by atoms with Gasteiger partial charge >= 0.3 is 12.1 Å². The van der Waals surface area contributed by atoms with E-state index in [1.165, 1.54) is 10.5 Å². The maximum atomic E-state index is 13.4. The van der Waals surface area contributed by atoms with Crippen molar-refractivity contribution in [3.8, 4) is 0 Å². The molecular formula is C28H35N3O6. The molecule has 198 valence electrons. The van der Waals surface area contributed by atoms with Crippen LogP contribution in [0.25, 0.3) is 0 Å². The highest BCUT2D eigenvalue weighted by molar-refractivity contribution is 5.94. The maximum Gasteiger partial charge on any atom is 0.410 e. The number of amides is 3. The molecule has 3 amide bonds. The van der Waals surface area contributed by atoms with Crippen molar-refractivity contribution in [3.05, 3.63) is 47.5 Å². The number of rotatable bonds is 2. The van der Waals surface area contributed by atoms with E-state index < -0.39 is 35.7 Å². The second-order valence-corrected chi connectivity index (χ2v) is 10.7. The fourth-order valence-electron chi connectivity index (χ4n) is 5.84. The number of carboxylic acids is 1. The summed E-state index contributed by atoms with van der Waals surface area (Å²) in [4.78, 5) is 54.7. The molecule has 4 aliphatic rings. The molecular weight excluding hydrogens is 474 g/mol. The summed E-state index contributed by atoms with van der Waals surface area (Å²) in [6, 6.07) is 7.14. The molecule has 9 nitrogen and oxygen atoms in total. The van der Waals surface area contributed by atoms with Crippen molar-refractivity contribution in [2.45, 2.75) is 82.0 Å². The van der Waals surface area contributed by atoms with Gasteiger partial charge in [0.05, 0.1) is 6.54 Å². The predicted molar refractivity (Wildman–Crippen MR) is 134 cm³/mol. The zero-order chi connectivity index (χ0) is 26.0. The third-order valence-electron chi connectivity index (χ3n) is 8.16. The average Bonchev–Trinajstić information content (AvgIpc) is 3.42. The highest BCUT2D eigenvalue weighted by Gasteiger charge is 2.61. The lowest BCUT2D eigenvalue weighted by atomic mass is 10.0. The Balaban J connectivity index is 1.28. The van der Waals surface area contributed by atoms with Gasteiger partial charge in [-0.2, -0.15) is 0 Å². The smallest absolute Gasteiger partial charge is 0.410 e. The molecule has 5 rings (SSSR count). The van der Waals surface area contributed by atoms with Crippen LogP contribution in [0.15, 0.2) is 36.4 Å². The van der Waals surface area contributed by atoms with Crippen molar-refractivity contribution in [1.29, 1.82) is 0 Å². The van der Waals surface area contributed by atoms with Crippen LogP contribution in [0.4, 0.5) is 4.79 Å². The number of nitrogens with one attached hydrogen (secondary N) is 1. The van der Waals surface area contributed by atoms with E-state index in [9.17, 15) is 24.3 Å². The summed E-state index contributed by atoms with van der Waals surface area (Å²) in [7, 11) is 0. The molecule has 37 heavy (non-hydrogen) atoms. The molecule has 2 fully saturated rings. The minimum atomic E-state index is -1.33. The van der Waals surface area contributed by atoms with Gasteiger partial charge in [-0.1, -0.05) is 49.3 Å². The SMILES string of the molecule is O=C1N[C@]2(C(=O)O)C[C@H]2/C=C\CCCCCCC(=O)N2C[C@H](OC(=O)N3CCc4ccccc4C3)C[C@@H]12. The third-order valence-corrected chi connectivity index (χ3v) is 8.16. The molecule has 1 aromatic rings. The van der Waals surface area contributed by atoms with Gasteiger partial charge < -0.3 is 25.0 Å². The van der Waals surface area contributed by atoms with Crippen molar-refractivity contribution in [1.82, 2.24) is 15.1 Å². The zero-order valence-corrected chi connectivity index (χ0v) is 21.1. The van der Waals surface area contributed by atoms with Gasteiger partial charge in [0.15, 0.2) is 0 Å². The zero-order valence-electron chi connectivity index (χ0n) is 21.1. The molecule has 0 radical (unpaired) electrons. The van der Waals surface area contributed by atoms with Crippen LogP contribution in [-0.4, -0.2) is 69.6 Å². The van der Waals surface area contributed by atoms with E-state index in [0.717, 1.165) is 44.1 Å². The monoisotopic (exact) mass is 509 g/mol. The quantitative estimate of drug-likeness (QED) is 0.592. The van der Waals surface area contributed by atoms with Crippen LogP contribution in [0.5, 0.6) is 0 Å². The van der Waals surface area contributed by atoms with Gasteiger partial charge in [-0.3, -0.25) is 9.59 Å². The summed E-state index contributed by atoms with van der Waals surface area (Å²) >= 11 is 0. The molecule has 2 N–H and O–H groups in total. The molecule has 3 heterocycles. The molecule has 4 atom stereocenters. The van der Waals surface area contributed by atoms with E-state index in [4.69, 9.17) is 4.74 Å². The number of hydrogen-bond acceptors (Lipinski definition) is 5. The van der Waals surface area contributed by atoms with Crippen molar-refractivity contribution >= 4 is 23.9 Å². The number of carbonyl (C=O) groups is 4. The van der Waals surface area contributed by atoms with Crippen molar-refractivity contribution in [3.63, 3.8) is 0 Å². The minimum absolute atomic E-state index is 0.135. The largest absolute Gasteiger partial charge is 0.479 e. The first-order valence-corrected chi connectivity index (χ1v) is 13.4. The molecule has 0 bridgehead atoms. The maximum absolute atomic E-state index is 13.4. The number of carbonyl (C=O) groups excluding carboxylic acids is 3. The minimum Gasteiger partial charge on any atom is -0.479 e. The van der Waals surface area contributed by atoms with Crippen LogP contribution in [0.3, 0.4) is 0 Å². The van der Waals surface area contributed by atoms with Crippen LogP contribution >= 0.6 is 0 Å². The highest BCUT2D eigenvalue weighted by atomic mass is 16.6. The Labute approximate surface area is 216 Å². The topological polar surface area (TPSA) is 116 Å². The number of benzene rings is 1. The number of aliphatic carboxylic acids is 1. The Morgan fingerprint density at radius 3 is 2.65 bits per heavy atom. The lowest BCUT2D eigenvalue weighted by Gasteiger charge is -2.29. The molecule has 9 heteroatoms. The van der Waals surface area contributed by atoms with Gasteiger partial charge in [0.25, 0.3) is 0 Å². The summed E-state index contributed by atoms with van der Waals surface area (Å²) in [6.45, 7) is 1.14. The molecule has 1 saturated carbocycles. The number of ether oxygens (including phenoxy) is 1. The van der Waals surface area contributed by atoms with Gasteiger partial charge in [0, 0.05) is 31.8 Å². The average molecular weight is 510 g/mol. The van der Waals surface area contributed by atoms with Crippen molar-refractivity contribution in [2.24, 2.45) is 5.92 Å². The first-order chi connectivity index (χ1) is 17.9. The van der Waals surface area contributed by atoms with Gasteiger partial charge in [0.1, 0.15) is 17.7 Å². The van der Waals surface area contributed by atoms with Crippen LogP contribution in [0.1, 0.15) is 62.5 Å². The van der Waals surface area contributed by atoms with E-state index in [2.05, 4.69) is 11.4 Å². The van der Waals surface area contributed by atoms with E-state index in [1.54, 1.807) is 4.90 Å². The highest BCUT2D eigenvalue weighted by Crippen LogP contribution is 2.45. The van der Waals surface area contributed by atoms with E-state index in [-0.39, 0.29) is 24.8 Å². The Morgan fingerprint density at radius 1 is 1.05 bits per heavy atom. The molecule has 0 spiro atoms. The second-order valence-electron chi connectivity index (χ2n) is 10.7. The Bertz CT molecular complexity index is 1100. The summed E-state index contributed by atoms with van der Waals surface area (Å²) in [5.41, 5.74) is 0.978. The van der Waals surface area contributed by atoms with Gasteiger partial charge in [-0.15, -0.1) is 0 Å². The van der Waals surface area contributed by atoms with Crippen LogP contribution < -0.4 is 5.32 Å². The van der Waals surface area contributed by atoms with E-state index in [0.29, 0.717) is 25.9 Å². The number of nitrogens with zero attached hydrogens (tertiary/aromatic N) is 2. The number of allylic oxidation sites excluding steroid dienone is 1. The first kappa shape index (κ1) is 25.3. The molecule has 0 unspecified atom stereocenters. The molecule has 1 aliphatic carbocycles. The van der Waals surface area contributed by atoms with Crippen molar-refractivity contribution < 1.29 is 29.0 Å². The number of fused-ring (bicyclic) bond motifs is 3. The Hall–Kier alpha value is -3.36. The summed E-state index contributed by atoms with van der Waals surface area (Å²) in [5.74, 6) is -1.98. The fraction of sp³-hybridized carbons (Fsp3) is 0.571. The van der Waals surface area contributed by atoms with E-state index >= 15 is 0 Å². The van der Waals surface area contributed by atoms with Crippen LogP contribution in [-0.2, 0) is 32.1 Å². The normalized spacial score (nSPS) is 31.1. The third kappa shape index (κ3) is 5.36. The number of hydrogen-bond donors (Lipinski definition) is 2. The summed E-state index contributed by atoms with van der Waals surface area (Å²) < 4.78 is 5.80. The molecule has 0 aromatic heterocycles. The summed E-state index contributed by atoms with van der Waals surface area (Å²) in [5, 5.41) is 12.6. The fourth-order valence-corrected chi connectivity index (χ4v) is 5.84. The molecule has 1 aromatic carbocycles. The van der Waals surface area contributed by atoms with Crippen LogP contribution in [0, 0.1) is 5.92 Å². The Morgan fingerprint density at radius 2 is 1.84 bits per heavy atom. The Kier molecular flexibility index (Phi) is 7.22. The van der Waals surface area contributed by atoms with Crippen LogP contribution in [0.2, 0.25) is 0 Å². The second kappa shape index (κ2) is 10.6. The lowest BCUT2D eigenvalue weighted by Crippen LogP contribution is -2.53. The van der Waals surface area contributed by atoms with Gasteiger partial charge in [-0.05, 0) is 43.2 Å². The van der Waals surface area contributed by atoms with Gasteiger partial charge in [-0.25, -0.2) is 9.59 Å². The van der Waals surface area contributed by atoms with Crippen molar-refractivity contribution in [2.75, 3.05) is 13.1 Å². The standard InChI is InChI=1S/C28H35N3O6/c32-24-12-6-4-2-1-3-5-11-21-16-28(21,26(34)35)29-25(33)23-15-22(18-31(23)24)37-27(36)30-14-13-19-9-7-8-10-20(19)17-30/h5,7-11,21-23H,1-4,6,12-18H2,(H,29,33)(H,34,35)/b11-5-/t21-,22-,23+,28-/m1/s1. The summed E-state index contributed by atoms with van der Waals surface area (Å²) in [6.07, 6.45) is 8.85. The predicted octanol–water partition coefficient (Wildman–Crippen LogP) is 3.02. The number of carboxylic acid groups (broad SMARTS) is 1. The first-order valence-electron chi connectivity index (χ1n) is 13.4. The molecule has 1 saturated heterocycles. The van der Waals surface area contributed by atoms with Gasteiger partial charge in [0.2, 0.25) is 11.8 Å².